The summed E-state index contributed by atoms with van der Waals surface area (Å²) in [7, 11) is 0. The Morgan fingerprint density at radius 2 is 2.00 bits per heavy atom. The van der Waals surface area contributed by atoms with Gasteiger partial charge in [0.2, 0.25) is 11.8 Å². The van der Waals surface area contributed by atoms with Crippen molar-refractivity contribution in [3.63, 3.8) is 0 Å². The van der Waals surface area contributed by atoms with Gasteiger partial charge < -0.3 is 9.80 Å². The highest BCUT2D eigenvalue weighted by molar-refractivity contribution is 8.00. The SMILES string of the molecule is O=C1CCCN1CCCN1C(=O)CSC1c1ccnc2ccccc12. The molecule has 2 aromatic rings. The van der Waals surface area contributed by atoms with Crippen molar-refractivity contribution >= 4 is 34.5 Å². The number of fused-ring (bicyclic) bond motifs is 1. The molecule has 0 saturated carbocycles. The maximum absolute atomic E-state index is 12.4. The van der Waals surface area contributed by atoms with Crippen molar-refractivity contribution in [2.45, 2.75) is 24.6 Å². The van der Waals surface area contributed by atoms with E-state index in [9.17, 15) is 9.59 Å². The summed E-state index contributed by atoms with van der Waals surface area (Å²) in [6.07, 6.45) is 4.28. The lowest BCUT2D eigenvalue weighted by Gasteiger charge is -2.26. The van der Waals surface area contributed by atoms with Crippen molar-refractivity contribution in [2.75, 3.05) is 25.4 Å². The molecule has 0 radical (unpaired) electrons. The Kier molecular flexibility index (Phi) is 4.61. The third kappa shape index (κ3) is 3.23. The topological polar surface area (TPSA) is 53.5 Å². The van der Waals surface area contributed by atoms with Gasteiger partial charge in [0.25, 0.3) is 0 Å². The van der Waals surface area contributed by atoms with Crippen LogP contribution >= 0.6 is 11.8 Å². The van der Waals surface area contributed by atoms with Gasteiger partial charge >= 0.3 is 0 Å². The molecule has 0 aliphatic carbocycles. The molecule has 2 amide bonds. The number of nitrogens with zero attached hydrogens (tertiary/aromatic N) is 3. The molecule has 0 bridgehead atoms. The van der Waals surface area contributed by atoms with Crippen LogP contribution < -0.4 is 0 Å². The van der Waals surface area contributed by atoms with Gasteiger partial charge in [-0.05, 0) is 30.5 Å². The number of carbonyl (C=O) groups excluding carboxylic acids is 2. The van der Waals surface area contributed by atoms with Gasteiger partial charge in [-0.15, -0.1) is 11.8 Å². The van der Waals surface area contributed by atoms with Crippen LogP contribution in [0.5, 0.6) is 0 Å². The second-order valence-corrected chi connectivity index (χ2v) is 7.57. The molecule has 6 heteroatoms. The highest BCUT2D eigenvalue weighted by atomic mass is 32.2. The van der Waals surface area contributed by atoms with E-state index < -0.39 is 0 Å². The van der Waals surface area contributed by atoms with E-state index in [1.807, 2.05) is 40.3 Å². The molecule has 3 heterocycles. The molecule has 1 atom stereocenters. The molecule has 1 aromatic heterocycles. The molecule has 0 N–H and O–H groups in total. The van der Waals surface area contributed by atoms with Gasteiger partial charge in [0.15, 0.2) is 0 Å². The minimum atomic E-state index is 0.0367. The first-order valence-corrected chi connectivity index (χ1v) is 9.81. The fourth-order valence-corrected chi connectivity index (χ4v) is 4.91. The average molecular weight is 355 g/mol. The second-order valence-electron chi connectivity index (χ2n) is 6.51. The quantitative estimate of drug-likeness (QED) is 0.828. The van der Waals surface area contributed by atoms with E-state index in [0.717, 1.165) is 42.4 Å². The van der Waals surface area contributed by atoms with Gasteiger partial charge in [-0.2, -0.15) is 0 Å². The molecule has 1 unspecified atom stereocenters. The van der Waals surface area contributed by atoms with Crippen LogP contribution in [0.25, 0.3) is 10.9 Å². The largest absolute Gasteiger partial charge is 0.343 e. The van der Waals surface area contributed by atoms with Gasteiger partial charge in [0, 0.05) is 37.6 Å². The predicted octanol–water partition coefficient (Wildman–Crippen LogP) is 2.82. The summed E-state index contributed by atoms with van der Waals surface area (Å²) in [6, 6.07) is 10.1. The lowest BCUT2D eigenvalue weighted by atomic mass is 10.1. The highest BCUT2D eigenvalue weighted by Crippen LogP contribution is 2.41. The molecular formula is C19H21N3O2S. The summed E-state index contributed by atoms with van der Waals surface area (Å²) in [4.78, 5) is 32.4. The molecule has 2 aliphatic rings. The number of rotatable bonds is 5. The van der Waals surface area contributed by atoms with Crippen LogP contribution in [-0.2, 0) is 9.59 Å². The first kappa shape index (κ1) is 16.4. The second kappa shape index (κ2) is 7.04. The Hall–Kier alpha value is -2.08. The minimum Gasteiger partial charge on any atom is -0.343 e. The van der Waals surface area contributed by atoms with Crippen molar-refractivity contribution in [1.82, 2.24) is 14.8 Å². The summed E-state index contributed by atoms with van der Waals surface area (Å²) < 4.78 is 0. The molecule has 5 nitrogen and oxygen atoms in total. The molecule has 0 spiro atoms. The maximum Gasteiger partial charge on any atom is 0.233 e. The Bertz CT molecular complexity index is 805. The molecule has 4 rings (SSSR count). The number of likely N-dealkylation sites (tertiary alicyclic amines) is 1. The van der Waals surface area contributed by atoms with Gasteiger partial charge in [-0.1, -0.05) is 18.2 Å². The van der Waals surface area contributed by atoms with Gasteiger partial charge in [-0.25, -0.2) is 0 Å². The smallest absolute Gasteiger partial charge is 0.233 e. The van der Waals surface area contributed by atoms with Gasteiger partial charge in [0.05, 0.1) is 11.3 Å². The van der Waals surface area contributed by atoms with Gasteiger partial charge in [0.1, 0.15) is 5.37 Å². The molecular weight excluding hydrogens is 334 g/mol. The van der Waals surface area contributed by atoms with Crippen LogP contribution in [0.2, 0.25) is 0 Å². The van der Waals surface area contributed by atoms with Crippen LogP contribution in [0, 0.1) is 0 Å². The lowest BCUT2D eigenvalue weighted by Crippen LogP contribution is -2.33. The molecule has 25 heavy (non-hydrogen) atoms. The summed E-state index contributed by atoms with van der Waals surface area (Å²) in [5.41, 5.74) is 2.11. The third-order valence-electron chi connectivity index (χ3n) is 4.92. The molecule has 2 fully saturated rings. The minimum absolute atomic E-state index is 0.0367. The van der Waals surface area contributed by atoms with Crippen LogP contribution in [-0.4, -0.2) is 52.0 Å². The van der Waals surface area contributed by atoms with E-state index in [1.54, 1.807) is 11.8 Å². The predicted molar refractivity (Wildman–Crippen MR) is 99.1 cm³/mol. The Balaban J connectivity index is 1.50. The van der Waals surface area contributed by atoms with Crippen LogP contribution in [0.15, 0.2) is 36.5 Å². The van der Waals surface area contributed by atoms with Crippen LogP contribution in [0.4, 0.5) is 0 Å². The molecule has 1 aromatic carbocycles. The monoisotopic (exact) mass is 355 g/mol. The van der Waals surface area contributed by atoms with Crippen LogP contribution in [0.1, 0.15) is 30.2 Å². The molecule has 2 saturated heterocycles. The number of aromatic nitrogens is 1. The normalized spacial score (nSPS) is 20.9. The maximum atomic E-state index is 12.4. The molecule has 2 aliphatic heterocycles. The Morgan fingerprint density at radius 3 is 2.84 bits per heavy atom. The lowest BCUT2D eigenvalue weighted by molar-refractivity contribution is -0.128. The number of thioether (sulfide) groups is 1. The van der Waals surface area contributed by atoms with Crippen molar-refractivity contribution in [3.05, 3.63) is 42.1 Å². The van der Waals surface area contributed by atoms with Crippen LogP contribution in [0.3, 0.4) is 0 Å². The number of hydrogen-bond donors (Lipinski definition) is 0. The number of amides is 2. The summed E-state index contributed by atoms with van der Waals surface area (Å²) in [5.74, 6) is 0.951. The number of hydrogen-bond acceptors (Lipinski definition) is 4. The number of benzene rings is 1. The van der Waals surface area contributed by atoms with Crippen molar-refractivity contribution in [1.29, 1.82) is 0 Å². The fraction of sp³-hybridized carbons (Fsp3) is 0.421. The fourth-order valence-electron chi connectivity index (χ4n) is 3.66. The van der Waals surface area contributed by atoms with Crippen molar-refractivity contribution in [3.8, 4) is 0 Å². The first-order chi connectivity index (χ1) is 12.2. The van der Waals surface area contributed by atoms with E-state index in [-0.39, 0.29) is 17.2 Å². The highest BCUT2D eigenvalue weighted by Gasteiger charge is 2.33. The van der Waals surface area contributed by atoms with E-state index in [1.165, 1.54) is 0 Å². The summed E-state index contributed by atoms with van der Waals surface area (Å²) in [5, 5.41) is 1.15. The van der Waals surface area contributed by atoms with E-state index in [0.29, 0.717) is 18.7 Å². The van der Waals surface area contributed by atoms with Crippen molar-refractivity contribution in [2.24, 2.45) is 0 Å². The zero-order valence-corrected chi connectivity index (χ0v) is 14.9. The number of para-hydroxylation sites is 1. The van der Waals surface area contributed by atoms with Gasteiger partial charge in [-0.3, -0.25) is 14.6 Å². The molecule has 130 valence electrons. The van der Waals surface area contributed by atoms with E-state index in [4.69, 9.17) is 0 Å². The Labute approximate surface area is 151 Å². The standard InChI is InChI=1S/C19H21N3O2S/c23-17-7-3-10-21(17)11-4-12-22-18(24)13-25-19(22)15-8-9-20-16-6-2-1-5-14(15)16/h1-2,5-6,8-9,19H,3-4,7,10-13H2. The van der Waals surface area contributed by atoms with Crippen molar-refractivity contribution < 1.29 is 9.59 Å². The van der Waals surface area contributed by atoms with E-state index in [2.05, 4.69) is 11.1 Å². The zero-order valence-electron chi connectivity index (χ0n) is 14.1. The zero-order chi connectivity index (χ0) is 17.2. The third-order valence-corrected chi connectivity index (χ3v) is 6.15. The number of pyridine rings is 1. The number of carbonyl (C=O) groups is 2. The summed E-state index contributed by atoms with van der Waals surface area (Å²) in [6.45, 7) is 2.30. The van der Waals surface area contributed by atoms with E-state index >= 15 is 0 Å². The average Bonchev–Trinajstić information content (AvgIpc) is 3.21. The Morgan fingerprint density at radius 1 is 1.12 bits per heavy atom. The first-order valence-electron chi connectivity index (χ1n) is 8.76. The summed E-state index contributed by atoms with van der Waals surface area (Å²) >= 11 is 1.68.